The highest BCUT2D eigenvalue weighted by Gasteiger charge is 2.33. The molecule has 7 heteroatoms. The van der Waals surface area contributed by atoms with Gasteiger partial charge in [0.25, 0.3) is 5.91 Å². The first-order chi connectivity index (χ1) is 15.3. The Labute approximate surface area is 179 Å². The minimum atomic E-state index is -0.0301. The van der Waals surface area contributed by atoms with Crippen LogP contribution in [-0.2, 0) is 13.2 Å². The van der Waals surface area contributed by atoms with Crippen LogP contribution in [0, 0.1) is 5.92 Å². The number of nitrogens with one attached hydrogen (secondary N) is 1. The maximum Gasteiger partial charge on any atom is 0.253 e. The molecular weight excluding hydrogens is 392 g/mol. The summed E-state index contributed by atoms with van der Waals surface area (Å²) in [6.07, 6.45) is 3.37. The van der Waals surface area contributed by atoms with Crippen LogP contribution < -0.4 is 10.1 Å². The van der Waals surface area contributed by atoms with Crippen molar-refractivity contribution in [1.82, 2.24) is 14.8 Å². The predicted molar refractivity (Wildman–Crippen MR) is 116 cm³/mol. The Kier molecular flexibility index (Phi) is 5.22. The van der Waals surface area contributed by atoms with Crippen molar-refractivity contribution in [2.75, 3.05) is 5.32 Å². The molecule has 5 rings (SSSR count). The molecule has 1 aliphatic rings. The van der Waals surface area contributed by atoms with Gasteiger partial charge < -0.3 is 14.5 Å². The van der Waals surface area contributed by atoms with Crippen molar-refractivity contribution in [1.29, 1.82) is 0 Å². The Morgan fingerprint density at radius 3 is 2.55 bits per heavy atom. The molecule has 0 atom stereocenters. The van der Waals surface area contributed by atoms with E-state index in [1.807, 2.05) is 54.6 Å². The van der Waals surface area contributed by atoms with Crippen LogP contribution in [0.5, 0.6) is 5.75 Å². The summed E-state index contributed by atoms with van der Waals surface area (Å²) in [7, 11) is 0. The summed E-state index contributed by atoms with van der Waals surface area (Å²) in [5, 5.41) is 7.61. The van der Waals surface area contributed by atoms with Crippen LogP contribution >= 0.6 is 0 Å². The minimum absolute atomic E-state index is 0.0301. The third-order valence-corrected chi connectivity index (χ3v) is 5.11. The van der Waals surface area contributed by atoms with Crippen molar-refractivity contribution >= 4 is 11.9 Å². The number of aromatic nitrogens is 3. The summed E-state index contributed by atoms with van der Waals surface area (Å²) in [6, 6.07) is 21.5. The summed E-state index contributed by atoms with van der Waals surface area (Å²) >= 11 is 0. The fourth-order valence-corrected chi connectivity index (χ4v) is 3.22. The van der Waals surface area contributed by atoms with E-state index in [1.165, 1.54) is 4.68 Å². The zero-order chi connectivity index (χ0) is 21.0. The van der Waals surface area contributed by atoms with Crippen LogP contribution in [0.25, 0.3) is 11.6 Å². The number of carbonyl (C=O) groups is 1. The lowest BCUT2D eigenvalue weighted by atomic mass is 10.2. The van der Waals surface area contributed by atoms with Crippen LogP contribution in [0.1, 0.15) is 28.8 Å². The molecule has 2 heterocycles. The molecule has 0 unspecified atom stereocenters. The summed E-state index contributed by atoms with van der Waals surface area (Å²) in [5.74, 6) is 2.16. The molecule has 1 aliphatic carbocycles. The van der Waals surface area contributed by atoms with Gasteiger partial charge in [-0.15, -0.1) is 5.10 Å². The molecule has 1 fully saturated rings. The Balaban J connectivity index is 1.25. The summed E-state index contributed by atoms with van der Waals surface area (Å²) in [4.78, 5) is 17.1. The standard InChI is InChI=1S/C24H22N4O3/c29-23(19-10-11-19)28-24(26-22(27-28)21-7-4-14-30-21)25-15-17-8-12-20(13-9-17)31-16-18-5-2-1-3-6-18/h1-9,12-14,19H,10-11,15-16H2,(H,25,26,27). The van der Waals surface area contributed by atoms with Gasteiger partial charge in [-0.05, 0) is 48.2 Å². The van der Waals surface area contributed by atoms with E-state index in [-0.39, 0.29) is 11.8 Å². The van der Waals surface area contributed by atoms with Crippen LogP contribution in [0.15, 0.2) is 77.4 Å². The number of carbonyl (C=O) groups excluding carboxylic acids is 1. The van der Waals surface area contributed by atoms with E-state index in [4.69, 9.17) is 9.15 Å². The van der Waals surface area contributed by atoms with Gasteiger partial charge in [0.05, 0.1) is 6.26 Å². The Hall–Kier alpha value is -3.87. The van der Waals surface area contributed by atoms with E-state index < -0.39 is 0 Å². The average molecular weight is 414 g/mol. The number of rotatable bonds is 8. The molecule has 0 spiro atoms. The van der Waals surface area contributed by atoms with Gasteiger partial charge in [-0.2, -0.15) is 9.67 Å². The number of benzene rings is 2. The summed E-state index contributed by atoms with van der Waals surface area (Å²) in [6.45, 7) is 1.04. The van der Waals surface area contributed by atoms with Gasteiger partial charge in [0, 0.05) is 12.5 Å². The Morgan fingerprint density at radius 1 is 1.03 bits per heavy atom. The van der Waals surface area contributed by atoms with Crippen molar-refractivity contribution in [2.45, 2.75) is 26.0 Å². The zero-order valence-electron chi connectivity index (χ0n) is 16.9. The molecule has 4 aromatic rings. The maximum atomic E-state index is 12.6. The highest BCUT2D eigenvalue weighted by Crippen LogP contribution is 2.32. The van der Waals surface area contributed by atoms with Crippen molar-refractivity contribution in [3.8, 4) is 17.3 Å². The van der Waals surface area contributed by atoms with Crippen molar-refractivity contribution in [2.24, 2.45) is 5.92 Å². The second-order valence-corrected chi connectivity index (χ2v) is 7.53. The van der Waals surface area contributed by atoms with Crippen LogP contribution in [-0.4, -0.2) is 20.7 Å². The van der Waals surface area contributed by atoms with Gasteiger partial charge in [0.15, 0.2) is 5.76 Å². The highest BCUT2D eigenvalue weighted by molar-refractivity contribution is 5.85. The quantitative estimate of drug-likeness (QED) is 0.447. The minimum Gasteiger partial charge on any atom is -0.489 e. The summed E-state index contributed by atoms with van der Waals surface area (Å²) < 4.78 is 12.6. The third kappa shape index (κ3) is 4.50. The van der Waals surface area contributed by atoms with E-state index in [9.17, 15) is 4.79 Å². The molecule has 1 saturated carbocycles. The molecule has 0 saturated heterocycles. The van der Waals surface area contributed by atoms with Crippen LogP contribution in [0.2, 0.25) is 0 Å². The molecule has 2 aromatic heterocycles. The molecule has 0 radical (unpaired) electrons. The van der Waals surface area contributed by atoms with E-state index in [0.717, 1.165) is 29.7 Å². The predicted octanol–water partition coefficient (Wildman–Crippen LogP) is 4.78. The normalized spacial score (nSPS) is 13.2. The van der Waals surface area contributed by atoms with Gasteiger partial charge in [-0.1, -0.05) is 42.5 Å². The number of hydrogen-bond acceptors (Lipinski definition) is 6. The molecule has 0 bridgehead atoms. The monoisotopic (exact) mass is 414 g/mol. The Bertz CT molecular complexity index is 1150. The van der Waals surface area contributed by atoms with Gasteiger partial charge in [-0.25, -0.2) is 0 Å². The molecule has 2 aromatic carbocycles. The molecule has 7 nitrogen and oxygen atoms in total. The first-order valence-electron chi connectivity index (χ1n) is 10.3. The zero-order valence-corrected chi connectivity index (χ0v) is 16.9. The molecule has 1 N–H and O–H groups in total. The number of furan rings is 1. The highest BCUT2D eigenvalue weighted by atomic mass is 16.5. The Morgan fingerprint density at radius 2 is 1.84 bits per heavy atom. The van der Waals surface area contributed by atoms with E-state index in [1.54, 1.807) is 18.4 Å². The fourth-order valence-electron chi connectivity index (χ4n) is 3.22. The second kappa shape index (κ2) is 8.47. The molecule has 31 heavy (non-hydrogen) atoms. The topological polar surface area (TPSA) is 82.2 Å². The second-order valence-electron chi connectivity index (χ2n) is 7.53. The van der Waals surface area contributed by atoms with Crippen LogP contribution in [0.3, 0.4) is 0 Å². The number of nitrogens with zero attached hydrogens (tertiary/aromatic N) is 3. The van der Waals surface area contributed by atoms with Gasteiger partial charge in [0.2, 0.25) is 11.8 Å². The van der Waals surface area contributed by atoms with Gasteiger partial charge in [0.1, 0.15) is 12.4 Å². The molecule has 0 aliphatic heterocycles. The summed E-state index contributed by atoms with van der Waals surface area (Å²) in [5.41, 5.74) is 2.17. The first kappa shape index (κ1) is 19.1. The van der Waals surface area contributed by atoms with Crippen molar-refractivity contribution < 1.29 is 13.9 Å². The van der Waals surface area contributed by atoms with Gasteiger partial charge in [-0.3, -0.25) is 4.79 Å². The lowest BCUT2D eigenvalue weighted by Gasteiger charge is -2.09. The first-order valence-corrected chi connectivity index (χ1v) is 10.3. The third-order valence-electron chi connectivity index (χ3n) is 5.11. The maximum absolute atomic E-state index is 12.6. The fraction of sp³-hybridized carbons (Fsp3) is 0.208. The molecule has 0 amide bonds. The lowest BCUT2D eigenvalue weighted by Crippen LogP contribution is -2.18. The number of anilines is 1. The largest absolute Gasteiger partial charge is 0.489 e. The van der Waals surface area contributed by atoms with E-state index >= 15 is 0 Å². The smallest absolute Gasteiger partial charge is 0.253 e. The van der Waals surface area contributed by atoms with Gasteiger partial charge >= 0.3 is 0 Å². The van der Waals surface area contributed by atoms with Crippen molar-refractivity contribution in [3.05, 3.63) is 84.1 Å². The van der Waals surface area contributed by atoms with Crippen LogP contribution in [0.4, 0.5) is 5.95 Å². The molecular formula is C24H22N4O3. The number of ether oxygens (including phenoxy) is 1. The van der Waals surface area contributed by atoms with E-state index in [2.05, 4.69) is 15.4 Å². The SMILES string of the molecule is O=C(C1CC1)n1nc(-c2ccco2)nc1NCc1ccc(OCc2ccccc2)cc1. The lowest BCUT2D eigenvalue weighted by molar-refractivity contribution is 0.0872. The number of hydrogen-bond donors (Lipinski definition) is 1. The molecule has 156 valence electrons. The average Bonchev–Trinajstić information content (AvgIpc) is 3.34. The van der Waals surface area contributed by atoms with E-state index in [0.29, 0.717) is 30.7 Å². The van der Waals surface area contributed by atoms with Crippen molar-refractivity contribution in [3.63, 3.8) is 0 Å².